The highest BCUT2D eigenvalue weighted by atomic mass is 15.1. The molecule has 2 aromatic carbocycles. The molecule has 0 unspecified atom stereocenters. The maximum absolute atomic E-state index is 4.72. The van der Waals surface area contributed by atoms with Crippen molar-refractivity contribution in [1.29, 1.82) is 0 Å². The molecule has 4 rings (SSSR count). The maximum Gasteiger partial charge on any atom is 0.142 e. The number of para-hydroxylation sites is 2. The van der Waals surface area contributed by atoms with Crippen LogP contribution in [-0.2, 0) is 0 Å². The number of benzene rings is 2. The Morgan fingerprint density at radius 2 is 1.65 bits per heavy atom. The predicted molar refractivity (Wildman–Crippen MR) is 92.0 cm³/mol. The minimum atomic E-state index is 0.807. The van der Waals surface area contributed by atoms with E-state index < -0.39 is 0 Å². The van der Waals surface area contributed by atoms with Crippen molar-refractivity contribution in [3.05, 3.63) is 84.6 Å². The number of hydrogen-bond donors (Lipinski definition) is 0. The summed E-state index contributed by atoms with van der Waals surface area (Å²) in [5.74, 6) is 1.65. The zero-order chi connectivity index (χ0) is 15.5. The van der Waals surface area contributed by atoms with E-state index in [4.69, 9.17) is 4.98 Å². The third kappa shape index (κ3) is 2.62. The summed E-state index contributed by atoms with van der Waals surface area (Å²) >= 11 is 0. The highest BCUT2D eigenvalue weighted by Crippen LogP contribution is 2.21. The molecule has 0 aliphatic rings. The second-order valence-corrected chi connectivity index (χ2v) is 5.11. The van der Waals surface area contributed by atoms with Crippen molar-refractivity contribution in [3.8, 4) is 5.82 Å². The first kappa shape index (κ1) is 13.4. The van der Waals surface area contributed by atoms with Crippen molar-refractivity contribution in [2.75, 3.05) is 0 Å². The molecule has 2 aromatic heterocycles. The van der Waals surface area contributed by atoms with E-state index in [1.165, 1.54) is 0 Å². The molecule has 0 aliphatic carbocycles. The number of aromatic nitrogens is 4. The summed E-state index contributed by atoms with van der Waals surface area (Å²) < 4.78 is 2.04. The maximum atomic E-state index is 4.72. The molecular weight excluding hydrogens is 284 g/mol. The molecule has 0 atom stereocenters. The van der Waals surface area contributed by atoms with Crippen LogP contribution in [0, 0.1) is 0 Å². The van der Waals surface area contributed by atoms with E-state index in [0.717, 1.165) is 28.2 Å². The number of hydrogen-bond acceptors (Lipinski definition) is 3. The highest BCUT2D eigenvalue weighted by Gasteiger charge is 2.10. The van der Waals surface area contributed by atoms with E-state index in [0.29, 0.717) is 0 Å². The van der Waals surface area contributed by atoms with Crippen LogP contribution >= 0.6 is 0 Å². The van der Waals surface area contributed by atoms with Crippen molar-refractivity contribution < 1.29 is 0 Å². The fraction of sp³-hybridized carbons (Fsp3) is 0. The van der Waals surface area contributed by atoms with Crippen molar-refractivity contribution in [3.63, 3.8) is 0 Å². The molecule has 0 saturated carbocycles. The molecule has 4 heteroatoms. The zero-order valence-corrected chi connectivity index (χ0v) is 12.4. The van der Waals surface area contributed by atoms with Crippen LogP contribution in [0.15, 0.2) is 73.2 Å². The van der Waals surface area contributed by atoms with Crippen LogP contribution < -0.4 is 0 Å². The van der Waals surface area contributed by atoms with Gasteiger partial charge in [0.15, 0.2) is 0 Å². The molecule has 0 saturated heterocycles. The summed E-state index contributed by atoms with van der Waals surface area (Å²) in [6.45, 7) is 0. The molecule has 4 aromatic rings. The summed E-state index contributed by atoms with van der Waals surface area (Å²) in [4.78, 5) is 13.1. The summed E-state index contributed by atoms with van der Waals surface area (Å²) in [5, 5.41) is 0. The lowest BCUT2D eigenvalue weighted by molar-refractivity contribution is 0.981. The first-order valence-corrected chi connectivity index (χ1v) is 7.39. The number of fused-ring (bicyclic) bond motifs is 1. The largest absolute Gasteiger partial charge is 0.277 e. The van der Waals surface area contributed by atoms with Crippen LogP contribution in [0.1, 0.15) is 11.4 Å². The second kappa shape index (κ2) is 5.85. The SMILES string of the molecule is C(=Cc1nc2ccccc2n1-c1ccncn1)c1ccccc1. The van der Waals surface area contributed by atoms with E-state index in [1.807, 2.05) is 59.2 Å². The standard InChI is InChI=1S/C19H14N4/c1-2-6-15(7-3-1)10-11-19-22-16-8-4-5-9-17(16)23(19)18-12-13-20-14-21-18/h1-14H. The Bertz CT molecular complexity index is 957. The van der Waals surface area contributed by atoms with E-state index >= 15 is 0 Å². The molecule has 0 spiro atoms. The van der Waals surface area contributed by atoms with Gasteiger partial charge in [0.1, 0.15) is 18.0 Å². The summed E-state index contributed by atoms with van der Waals surface area (Å²) in [6.07, 6.45) is 7.35. The lowest BCUT2D eigenvalue weighted by Gasteiger charge is -2.05. The molecule has 0 radical (unpaired) electrons. The second-order valence-electron chi connectivity index (χ2n) is 5.11. The van der Waals surface area contributed by atoms with Gasteiger partial charge in [-0.3, -0.25) is 4.57 Å². The minimum absolute atomic E-state index is 0.807. The first-order valence-electron chi connectivity index (χ1n) is 7.39. The minimum Gasteiger partial charge on any atom is -0.277 e. The van der Waals surface area contributed by atoms with Gasteiger partial charge in [-0.25, -0.2) is 15.0 Å². The zero-order valence-electron chi connectivity index (χ0n) is 12.4. The third-order valence-corrected chi connectivity index (χ3v) is 3.61. The Morgan fingerprint density at radius 1 is 0.826 bits per heavy atom. The summed E-state index contributed by atoms with van der Waals surface area (Å²) in [7, 11) is 0. The smallest absolute Gasteiger partial charge is 0.142 e. The highest BCUT2D eigenvalue weighted by molar-refractivity contribution is 5.81. The lowest BCUT2D eigenvalue weighted by Crippen LogP contribution is -1.99. The van der Waals surface area contributed by atoms with Gasteiger partial charge in [0.2, 0.25) is 0 Å². The van der Waals surface area contributed by atoms with E-state index in [-0.39, 0.29) is 0 Å². The molecule has 0 amide bonds. The quantitative estimate of drug-likeness (QED) is 0.574. The van der Waals surface area contributed by atoms with E-state index in [1.54, 1.807) is 12.5 Å². The average Bonchev–Trinajstić information content (AvgIpc) is 3.00. The Morgan fingerprint density at radius 3 is 2.48 bits per heavy atom. The van der Waals surface area contributed by atoms with Gasteiger partial charge in [-0.05, 0) is 29.8 Å². The van der Waals surface area contributed by atoms with Gasteiger partial charge < -0.3 is 0 Å². The van der Waals surface area contributed by atoms with Crippen LogP contribution in [-0.4, -0.2) is 19.5 Å². The van der Waals surface area contributed by atoms with Crippen LogP contribution in [0.5, 0.6) is 0 Å². The van der Waals surface area contributed by atoms with Crippen LogP contribution in [0.4, 0.5) is 0 Å². The van der Waals surface area contributed by atoms with Crippen molar-refractivity contribution in [1.82, 2.24) is 19.5 Å². The number of nitrogens with zero attached hydrogens (tertiary/aromatic N) is 4. The Balaban J connectivity index is 1.88. The molecule has 110 valence electrons. The van der Waals surface area contributed by atoms with Crippen molar-refractivity contribution in [2.45, 2.75) is 0 Å². The molecule has 2 heterocycles. The Labute approximate surface area is 133 Å². The van der Waals surface area contributed by atoms with Crippen molar-refractivity contribution >= 4 is 23.2 Å². The number of rotatable bonds is 3. The molecule has 23 heavy (non-hydrogen) atoms. The molecule has 0 aliphatic heterocycles. The van der Waals surface area contributed by atoms with Gasteiger partial charge in [0, 0.05) is 6.20 Å². The normalized spacial score (nSPS) is 11.3. The summed E-state index contributed by atoms with van der Waals surface area (Å²) in [5.41, 5.74) is 3.10. The van der Waals surface area contributed by atoms with Gasteiger partial charge in [-0.2, -0.15) is 0 Å². The molecule has 0 bridgehead atoms. The third-order valence-electron chi connectivity index (χ3n) is 3.61. The van der Waals surface area contributed by atoms with Gasteiger partial charge in [-0.15, -0.1) is 0 Å². The van der Waals surface area contributed by atoms with Gasteiger partial charge in [-0.1, -0.05) is 48.5 Å². The fourth-order valence-corrected chi connectivity index (χ4v) is 2.55. The van der Waals surface area contributed by atoms with Gasteiger partial charge in [0.25, 0.3) is 0 Å². The first-order chi connectivity index (χ1) is 11.4. The molecular formula is C19H14N4. The molecule has 0 fully saturated rings. The topological polar surface area (TPSA) is 43.6 Å². The van der Waals surface area contributed by atoms with Crippen LogP contribution in [0.2, 0.25) is 0 Å². The van der Waals surface area contributed by atoms with Gasteiger partial charge in [0.05, 0.1) is 11.0 Å². The number of imidazole rings is 1. The van der Waals surface area contributed by atoms with Gasteiger partial charge >= 0.3 is 0 Å². The van der Waals surface area contributed by atoms with E-state index in [9.17, 15) is 0 Å². The predicted octanol–water partition coefficient (Wildman–Crippen LogP) is 3.99. The monoisotopic (exact) mass is 298 g/mol. The van der Waals surface area contributed by atoms with Crippen LogP contribution in [0.3, 0.4) is 0 Å². The molecule has 0 N–H and O–H groups in total. The summed E-state index contributed by atoms with van der Waals surface area (Å²) in [6, 6.07) is 20.1. The Kier molecular flexibility index (Phi) is 3.41. The Hall–Kier alpha value is -3.27. The fourth-order valence-electron chi connectivity index (χ4n) is 2.55. The lowest BCUT2D eigenvalue weighted by atomic mass is 10.2. The average molecular weight is 298 g/mol. The van der Waals surface area contributed by atoms with E-state index in [2.05, 4.69) is 28.2 Å². The van der Waals surface area contributed by atoms with Crippen LogP contribution in [0.25, 0.3) is 29.0 Å². The molecule has 4 nitrogen and oxygen atoms in total. The van der Waals surface area contributed by atoms with Crippen molar-refractivity contribution in [2.24, 2.45) is 0 Å².